The molecule has 6 nitrogen and oxygen atoms in total. The first-order valence-corrected chi connectivity index (χ1v) is 7.11. The lowest BCUT2D eigenvalue weighted by Gasteiger charge is -2.15. The number of nitrogens with zero attached hydrogens (tertiary/aromatic N) is 1. The van der Waals surface area contributed by atoms with Crippen molar-refractivity contribution in [1.82, 2.24) is 9.88 Å². The van der Waals surface area contributed by atoms with Gasteiger partial charge in [0.1, 0.15) is 5.69 Å². The predicted molar refractivity (Wildman–Crippen MR) is 80.6 cm³/mol. The maximum absolute atomic E-state index is 12.0. The molecule has 3 rings (SSSR count). The van der Waals surface area contributed by atoms with Crippen LogP contribution in [0.1, 0.15) is 23.3 Å². The molecule has 1 heterocycles. The number of hydrogen-bond donors (Lipinski definition) is 1. The van der Waals surface area contributed by atoms with E-state index in [2.05, 4.69) is 4.98 Å². The molecular formula is C16H16N2O4. The Kier molecular flexibility index (Phi) is 3.66. The number of aromatic amines is 1. The third-order valence-electron chi connectivity index (χ3n) is 3.79. The van der Waals surface area contributed by atoms with Crippen LogP contribution in [0.15, 0.2) is 35.1 Å². The minimum Gasteiger partial charge on any atom is -0.451 e. The number of carbonyl (C=O) groups is 2. The summed E-state index contributed by atoms with van der Waals surface area (Å²) in [6.07, 6.45) is 1.99. The van der Waals surface area contributed by atoms with Crippen molar-refractivity contribution in [3.8, 4) is 0 Å². The van der Waals surface area contributed by atoms with E-state index in [1.807, 2.05) is 0 Å². The van der Waals surface area contributed by atoms with Gasteiger partial charge < -0.3 is 14.6 Å². The largest absolute Gasteiger partial charge is 0.451 e. The summed E-state index contributed by atoms with van der Waals surface area (Å²) < 4.78 is 4.99. The molecule has 0 atom stereocenters. The summed E-state index contributed by atoms with van der Waals surface area (Å²) in [6.45, 7) is -0.319. The van der Waals surface area contributed by atoms with Crippen LogP contribution in [0.3, 0.4) is 0 Å². The summed E-state index contributed by atoms with van der Waals surface area (Å²) >= 11 is 0. The Morgan fingerprint density at radius 3 is 2.77 bits per heavy atom. The second-order valence-corrected chi connectivity index (χ2v) is 5.41. The number of pyridine rings is 1. The minimum absolute atomic E-state index is 0.0468. The third-order valence-corrected chi connectivity index (χ3v) is 3.79. The number of H-pyrrole nitrogens is 1. The number of benzene rings is 1. The van der Waals surface area contributed by atoms with Gasteiger partial charge in [-0.25, -0.2) is 4.79 Å². The number of nitrogens with one attached hydrogen (secondary N) is 1. The van der Waals surface area contributed by atoms with E-state index in [0.29, 0.717) is 10.8 Å². The van der Waals surface area contributed by atoms with Gasteiger partial charge in [-0.05, 0) is 30.4 Å². The van der Waals surface area contributed by atoms with E-state index in [-0.39, 0.29) is 29.8 Å². The van der Waals surface area contributed by atoms with Gasteiger partial charge in [0.15, 0.2) is 6.61 Å². The topological polar surface area (TPSA) is 79.5 Å². The Labute approximate surface area is 126 Å². The summed E-state index contributed by atoms with van der Waals surface area (Å²) in [7, 11) is 1.70. The number of amides is 1. The Bertz CT molecular complexity index is 792. The first kappa shape index (κ1) is 14.3. The highest BCUT2D eigenvalue weighted by Crippen LogP contribution is 2.25. The van der Waals surface area contributed by atoms with E-state index in [9.17, 15) is 14.4 Å². The molecule has 0 unspecified atom stereocenters. The van der Waals surface area contributed by atoms with E-state index < -0.39 is 5.97 Å². The van der Waals surface area contributed by atoms with Crippen molar-refractivity contribution in [3.63, 3.8) is 0 Å². The standard InChI is InChI=1S/C16H16N2O4/c1-18(11-6-7-11)14(19)9-22-16(21)13-8-10-4-2-3-5-12(10)15(20)17-13/h2-5,8,11H,6-7,9H2,1H3,(H,17,20). The van der Waals surface area contributed by atoms with Gasteiger partial charge in [0.25, 0.3) is 11.5 Å². The van der Waals surface area contributed by atoms with Crippen LogP contribution in [-0.4, -0.2) is 41.5 Å². The zero-order valence-corrected chi connectivity index (χ0v) is 12.2. The fourth-order valence-corrected chi connectivity index (χ4v) is 2.29. The molecule has 1 fully saturated rings. The highest BCUT2D eigenvalue weighted by Gasteiger charge is 2.29. The van der Waals surface area contributed by atoms with Crippen LogP contribution in [0.5, 0.6) is 0 Å². The zero-order chi connectivity index (χ0) is 15.7. The van der Waals surface area contributed by atoms with E-state index in [4.69, 9.17) is 4.74 Å². The van der Waals surface area contributed by atoms with Gasteiger partial charge in [-0.1, -0.05) is 18.2 Å². The first-order chi connectivity index (χ1) is 10.6. The van der Waals surface area contributed by atoms with Gasteiger partial charge in [-0.2, -0.15) is 0 Å². The number of rotatable bonds is 4. The first-order valence-electron chi connectivity index (χ1n) is 7.11. The summed E-state index contributed by atoms with van der Waals surface area (Å²) in [5, 5.41) is 1.16. The Morgan fingerprint density at radius 2 is 2.05 bits per heavy atom. The molecule has 1 amide bonds. The molecule has 114 valence electrons. The third kappa shape index (κ3) is 2.86. The molecule has 1 N–H and O–H groups in total. The number of esters is 1. The highest BCUT2D eigenvalue weighted by molar-refractivity contribution is 5.94. The number of carbonyl (C=O) groups excluding carboxylic acids is 2. The van der Waals surface area contributed by atoms with Crippen LogP contribution < -0.4 is 5.56 Å². The van der Waals surface area contributed by atoms with Crippen molar-refractivity contribution in [2.75, 3.05) is 13.7 Å². The summed E-state index contributed by atoms with van der Waals surface area (Å²) in [5.74, 6) is -0.945. The molecule has 0 spiro atoms. The fourth-order valence-electron chi connectivity index (χ4n) is 2.29. The summed E-state index contributed by atoms with van der Waals surface area (Å²) in [5.41, 5.74) is -0.308. The SMILES string of the molecule is CN(C(=O)COC(=O)c1cc2ccccc2c(=O)[nH]1)C1CC1. The van der Waals surface area contributed by atoms with Crippen molar-refractivity contribution in [2.24, 2.45) is 0 Å². The normalized spacial score (nSPS) is 13.9. The maximum atomic E-state index is 12.0. The molecule has 1 aliphatic rings. The lowest BCUT2D eigenvalue weighted by molar-refractivity contribution is -0.133. The minimum atomic E-state index is -0.708. The molecule has 1 aliphatic carbocycles. The second-order valence-electron chi connectivity index (χ2n) is 5.41. The lowest BCUT2D eigenvalue weighted by Crippen LogP contribution is -2.33. The zero-order valence-electron chi connectivity index (χ0n) is 12.2. The predicted octanol–water partition coefficient (Wildman–Crippen LogP) is 1.31. The van der Waals surface area contributed by atoms with Gasteiger partial charge in [-0.3, -0.25) is 9.59 Å². The van der Waals surface area contributed by atoms with Crippen LogP contribution in [0.2, 0.25) is 0 Å². The molecule has 0 radical (unpaired) electrons. The molecule has 22 heavy (non-hydrogen) atoms. The maximum Gasteiger partial charge on any atom is 0.355 e. The van der Waals surface area contributed by atoms with Crippen molar-refractivity contribution in [3.05, 3.63) is 46.4 Å². The molecule has 1 aromatic carbocycles. The van der Waals surface area contributed by atoms with Crippen LogP contribution in [-0.2, 0) is 9.53 Å². The monoisotopic (exact) mass is 300 g/mol. The van der Waals surface area contributed by atoms with E-state index >= 15 is 0 Å². The molecule has 0 saturated heterocycles. The Balaban J connectivity index is 1.72. The van der Waals surface area contributed by atoms with Gasteiger partial charge in [-0.15, -0.1) is 0 Å². The van der Waals surface area contributed by atoms with Gasteiger partial charge in [0.2, 0.25) is 0 Å². The van der Waals surface area contributed by atoms with Crippen LogP contribution in [0.25, 0.3) is 10.8 Å². The molecular weight excluding hydrogens is 284 g/mol. The van der Waals surface area contributed by atoms with E-state index in [0.717, 1.165) is 12.8 Å². The average Bonchev–Trinajstić information content (AvgIpc) is 3.36. The lowest BCUT2D eigenvalue weighted by atomic mass is 10.1. The Hall–Kier alpha value is -2.63. The molecule has 6 heteroatoms. The number of hydrogen-bond acceptors (Lipinski definition) is 4. The number of aromatic nitrogens is 1. The van der Waals surface area contributed by atoms with Gasteiger partial charge in [0.05, 0.1) is 0 Å². The Morgan fingerprint density at radius 1 is 1.32 bits per heavy atom. The van der Waals surface area contributed by atoms with Gasteiger partial charge in [0, 0.05) is 18.5 Å². The number of ether oxygens (including phenoxy) is 1. The van der Waals surface area contributed by atoms with Crippen LogP contribution in [0, 0.1) is 0 Å². The van der Waals surface area contributed by atoms with Crippen molar-refractivity contribution in [2.45, 2.75) is 18.9 Å². The summed E-state index contributed by atoms with van der Waals surface area (Å²) in [4.78, 5) is 39.8. The number of fused-ring (bicyclic) bond motifs is 1. The van der Waals surface area contributed by atoms with Crippen LogP contribution >= 0.6 is 0 Å². The van der Waals surface area contributed by atoms with Crippen molar-refractivity contribution < 1.29 is 14.3 Å². The number of likely N-dealkylation sites (N-methyl/N-ethyl adjacent to an activating group) is 1. The molecule has 0 bridgehead atoms. The molecule has 0 aliphatic heterocycles. The molecule has 1 saturated carbocycles. The molecule has 1 aromatic heterocycles. The van der Waals surface area contributed by atoms with Crippen LogP contribution in [0.4, 0.5) is 0 Å². The quantitative estimate of drug-likeness (QED) is 0.863. The second kappa shape index (κ2) is 5.63. The average molecular weight is 300 g/mol. The van der Waals surface area contributed by atoms with E-state index in [1.165, 1.54) is 0 Å². The van der Waals surface area contributed by atoms with E-state index in [1.54, 1.807) is 42.3 Å². The highest BCUT2D eigenvalue weighted by atomic mass is 16.5. The molecule has 2 aromatic rings. The summed E-state index contributed by atoms with van der Waals surface area (Å²) in [6, 6.07) is 8.78. The van der Waals surface area contributed by atoms with Crippen molar-refractivity contribution >= 4 is 22.6 Å². The fraction of sp³-hybridized carbons (Fsp3) is 0.312. The van der Waals surface area contributed by atoms with Gasteiger partial charge >= 0.3 is 5.97 Å². The van der Waals surface area contributed by atoms with Crippen molar-refractivity contribution in [1.29, 1.82) is 0 Å². The smallest absolute Gasteiger partial charge is 0.355 e.